The summed E-state index contributed by atoms with van der Waals surface area (Å²) in [5.74, 6) is -0.283. The second kappa shape index (κ2) is 8.68. The third kappa shape index (κ3) is 4.50. The molecule has 0 aliphatic carbocycles. The topological polar surface area (TPSA) is 86.0 Å². The maximum atomic E-state index is 12.8. The van der Waals surface area contributed by atoms with E-state index in [4.69, 9.17) is 0 Å². The average Bonchev–Trinajstić information content (AvgIpc) is 2.73. The number of aliphatic hydroxyl groups excluding tert-OH is 1. The highest BCUT2D eigenvalue weighted by Gasteiger charge is 2.16. The Hall–Kier alpha value is -3.49. The van der Waals surface area contributed by atoms with Gasteiger partial charge in [-0.15, -0.1) is 0 Å². The summed E-state index contributed by atoms with van der Waals surface area (Å²) in [5.41, 5.74) is 6.11. The van der Waals surface area contributed by atoms with E-state index in [9.17, 15) is 15.2 Å². The predicted octanol–water partition coefficient (Wildman–Crippen LogP) is 4.01. The van der Waals surface area contributed by atoms with Crippen molar-refractivity contribution in [2.75, 3.05) is 6.61 Å². The Bertz CT molecular complexity index is 1080. The normalized spacial score (nSPS) is 11.6. The molecular formula is C24H23N3O2. The van der Waals surface area contributed by atoms with Crippen molar-refractivity contribution in [2.24, 2.45) is 0 Å². The van der Waals surface area contributed by atoms with E-state index in [1.807, 2.05) is 44.2 Å². The molecule has 2 aromatic carbocycles. The van der Waals surface area contributed by atoms with Crippen LogP contribution in [0.2, 0.25) is 0 Å². The number of aromatic nitrogens is 1. The number of rotatable bonds is 5. The van der Waals surface area contributed by atoms with Crippen molar-refractivity contribution in [1.82, 2.24) is 10.3 Å². The van der Waals surface area contributed by atoms with Crippen LogP contribution >= 0.6 is 0 Å². The lowest BCUT2D eigenvalue weighted by atomic mass is 9.92. The molecule has 29 heavy (non-hydrogen) atoms. The molecule has 3 rings (SSSR count). The first-order valence-electron chi connectivity index (χ1n) is 9.43. The monoisotopic (exact) mass is 385 g/mol. The molecule has 1 atom stereocenters. The number of pyridine rings is 1. The fraction of sp³-hybridized carbons (Fsp3) is 0.208. The average molecular weight is 385 g/mol. The van der Waals surface area contributed by atoms with E-state index in [1.165, 1.54) is 0 Å². The van der Waals surface area contributed by atoms with Gasteiger partial charge < -0.3 is 10.4 Å². The van der Waals surface area contributed by atoms with Gasteiger partial charge in [-0.1, -0.05) is 18.2 Å². The minimum atomic E-state index is -0.361. The number of aliphatic hydroxyl groups is 1. The number of nitriles is 1. The molecule has 0 bridgehead atoms. The first-order valence-corrected chi connectivity index (χ1v) is 9.43. The van der Waals surface area contributed by atoms with Crippen LogP contribution in [0.1, 0.15) is 34.0 Å². The van der Waals surface area contributed by atoms with Crippen LogP contribution in [-0.4, -0.2) is 28.6 Å². The summed E-state index contributed by atoms with van der Waals surface area (Å²) in [4.78, 5) is 17.3. The van der Waals surface area contributed by atoms with Crippen molar-refractivity contribution in [2.45, 2.75) is 26.8 Å². The van der Waals surface area contributed by atoms with Gasteiger partial charge in [0.25, 0.3) is 5.91 Å². The van der Waals surface area contributed by atoms with Crippen LogP contribution in [-0.2, 0) is 0 Å². The van der Waals surface area contributed by atoms with E-state index in [2.05, 4.69) is 16.4 Å². The first kappa shape index (κ1) is 20.2. The van der Waals surface area contributed by atoms with Crippen molar-refractivity contribution in [3.05, 3.63) is 77.0 Å². The second-order valence-corrected chi connectivity index (χ2v) is 7.19. The van der Waals surface area contributed by atoms with Gasteiger partial charge in [0.1, 0.15) is 0 Å². The van der Waals surface area contributed by atoms with Crippen molar-refractivity contribution in [3.63, 3.8) is 0 Å². The van der Waals surface area contributed by atoms with Crippen LogP contribution in [0, 0.1) is 25.2 Å². The molecule has 0 aliphatic rings. The molecule has 2 N–H and O–H groups in total. The first-order chi connectivity index (χ1) is 13.9. The van der Waals surface area contributed by atoms with Gasteiger partial charge in [0, 0.05) is 28.9 Å². The molecule has 0 spiro atoms. The Morgan fingerprint density at radius 2 is 1.93 bits per heavy atom. The van der Waals surface area contributed by atoms with E-state index in [0.717, 1.165) is 33.5 Å². The Morgan fingerprint density at radius 1 is 1.17 bits per heavy atom. The van der Waals surface area contributed by atoms with Gasteiger partial charge in [-0.3, -0.25) is 9.78 Å². The van der Waals surface area contributed by atoms with E-state index in [0.29, 0.717) is 11.1 Å². The lowest BCUT2D eigenvalue weighted by Crippen LogP contribution is -2.35. The molecule has 0 fully saturated rings. The highest BCUT2D eigenvalue weighted by molar-refractivity contribution is 5.97. The maximum Gasteiger partial charge on any atom is 0.251 e. The zero-order valence-corrected chi connectivity index (χ0v) is 16.7. The largest absolute Gasteiger partial charge is 0.394 e. The van der Waals surface area contributed by atoms with Crippen molar-refractivity contribution in [1.29, 1.82) is 5.26 Å². The van der Waals surface area contributed by atoms with E-state index >= 15 is 0 Å². The van der Waals surface area contributed by atoms with Crippen LogP contribution in [0.3, 0.4) is 0 Å². The highest BCUT2D eigenvalue weighted by Crippen LogP contribution is 2.32. The summed E-state index contributed by atoms with van der Waals surface area (Å²) in [7, 11) is 0. The minimum absolute atomic E-state index is 0.145. The van der Waals surface area contributed by atoms with Crippen molar-refractivity contribution in [3.8, 4) is 28.5 Å². The number of nitrogens with one attached hydrogen (secondary N) is 1. The number of aryl methyl sites for hydroxylation is 2. The van der Waals surface area contributed by atoms with Gasteiger partial charge in [0.15, 0.2) is 0 Å². The van der Waals surface area contributed by atoms with Gasteiger partial charge in [-0.25, -0.2) is 0 Å². The Kier molecular flexibility index (Phi) is 6.06. The van der Waals surface area contributed by atoms with Crippen molar-refractivity contribution < 1.29 is 9.90 Å². The molecule has 1 aromatic heterocycles. The summed E-state index contributed by atoms with van der Waals surface area (Å²) in [6.07, 6.45) is 1.78. The number of carbonyl (C=O) groups is 1. The summed E-state index contributed by atoms with van der Waals surface area (Å²) in [6.45, 7) is 5.50. The molecule has 5 heteroatoms. The predicted molar refractivity (Wildman–Crippen MR) is 113 cm³/mol. The number of amides is 1. The number of hydrogen-bond donors (Lipinski definition) is 2. The van der Waals surface area contributed by atoms with Crippen LogP contribution in [0.4, 0.5) is 0 Å². The smallest absolute Gasteiger partial charge is 0.251 e. The van der Waals surface area contributed by atoms with Gasteiger partial charge in [0.2, 0.25) is 0 Å². The lowest BCUT2D eigenvalue weighted by Gasteiger charge is -2.15. The van der Waals surface area contributed by atoms with Gasteiger partial charge in [0.05, 0.1) is 23.9 Å². The van der Waals surface area contributed by atoms with Gasteiger partial charge >= 0.3 is 0 Å². The third-order valence-electron chi connectivity index (χ3n) is 4.74. The zero-order valence-electron chi connectivity index (χ0n) is 16.7. The number of benzene rings is 2. The Balaban J connectivity index is 2.20. The maximum absolute atomic E-state index is 12.8. The number of hydrogen-bond acceptors (Lipinski definition) is 4. The van der Waals surface area contributed by atoms with E-state index in [1.54, 1.807) is 31.3 Å². The molecular weight excluding hydrogens is 362 g/mol. The van der Waals surface area contributed by atoms with E-state index < -0.39 is 0 Å². The molecule has 0 saturated carbocycles. The molecule has 5 nitrogen and oxygen atoms in total. The van der Waals surface area contributed by atoms with Gasteiger partial charge in [-0.05, 0) is 67.8 Å². The summed E-state index contributed by atoms with van der Waals surface area (Å²) in [6, 6.07) is 16.8. The molecule has 146 valence electrons. The fourth-order valence-corrected chi connectivity index (χ4v) is 3.19. The van der Waals surface area contributed by atoms with Crippen LogP contribution < -0.4 is 5.32 Å². The van der Waals surface area contributed by atoms with E-state index in [-0.39, 0.29) is 18.6 Å². The summed E-state index contributed by atoms with van der Waals surface area (Å²) < 4.78 is 0. The highest BCUT2D eigenvalue weighted by atomic mass is 16.3. The molecule has 0 aliphatic heterocycles. The second-order valence-electron chi connectivity index (χ2n) is 7.19. The third-order valence-corrected chi connectivity index (χ3v) is 4.74. The minimum Gasteiger partial charge on any atom is -0.394 e. The molecule has 0 unspecified atom stereocenters. The van der Waals surface area contributed by atoms with Crippen LogP contribution in [0.25, 0.3) is 22.4 Å². The van der Waals surface area contributed by atoms with Crippen LogP contribution in [0.5, 0.6) is 0 Å². The zero-order chi connectivity index (χ0) is 21.0. The molecule has 0 radical (unpaired) electrons. The lowest BCUT2D eigenvalue weighted by molar-refractivity contribution is 0.0922. The Labute approximate surface area is 170 Å². The Morgan fingerprint density at radius 3 is 2.59 bits per heavy atom. The van der Waals surface area contributed by atoms with Gasteiger partial charge in [-0.2, -0.15) is 5.26 Å². The standard InChI is InChI=1S/C24H23N3O2/c1-15-7-8-22(26-13-15)19-9-20(23-16(2)5-4-6-18(23)12-25)11-21(10-19)24(29)27-17(3)14-28/h4-11,13,17,28H,14H2,1-3H3,(H,27,29)/t17-/m0/s1. The van der Waals surface area contributed by atoms with Crippen molar-refractivity contribution >= 4 is 5.91 Å². The quantitative estimate of drug-likeness (QED) is 0.695. The van der Waals surface area contributed by atoms with Crippen LogP contribution in [0.15, 0.2) is 54.7 Å². The SMILES string of the molecule is Cc1ccc(-c2cc(C(=O)N[C@@H](C)CO)cc(-c3c(C)cccc3C#N)c2)nc1. The number of carbonyl (C=O) groups excluding carboxylic acids is 1. The summed E-state index contributed by atoms with van der Waals surface area (Å²) in [5, 5.41) is 21.6. The number of nitrogens with zero attached hydrogens (tertiary/aromatic N) is 2. The molecule has 3 aromatic rings. The molecule has 1 heterocycles. The fourth-order valence-electron chi connectivity index (χ4n) is 3.19. The molecule has 0 saturated heterocycles. The summed E-state index contributed by atoms with van der Waals surface area (Å²) >= 11 is 0. The molecule has 1 amide bonds.